The minimum atomic E-state index is -4.55. The first-order chi connectivity index (χ1) is 8.14. The van der Waals surface area contributed by atoms with Crippen LogP contribution in [0.25, 0.3) is 0 Å². The van der Waals surface area contributed by atoms with Crippen molar-refractivity contribution in [2.45, 2.75) is 38.6 Å². The largest absolute Gasteiger partial charge is 0.493 e. The molecular formula is C11H17NO5S. The maximum atomic E-state index is 11.7. The number of nitrogens with zero attached hydrogens (tertiary/aromatic N) is 1. The second kappa shape index (κ2) is 5.11. The zero-order valence-electron chi connectivity index (χ0n) is 10.5. The highest BCUT2D eigenvalue weighted by atomic mass is 32.2. The molecule has 0 aliphatic rings. The van der Waals surface area contributed by atoms with Crippen LogP contribution in [-0.4, -0.2) is 22.6 Å². The summed E-state index contributed by atoms with van der Waals surface area (Å²) >= 11 is 0. The molecule has 7 heteroatoms. The van der Waals surface area contributed by atoms with Gasteiger partial charge in [0, 0.05) is 12.6 Å². The Morgan fingerprint density at radius 2 is 1.94 bits per heavy atom. The van der Waals surface area contributed by atoms with Crippen LogP contribution in [0, 0.1) is 12.8 Å². The molecule has 1 heterocycles. The zero-order valence-corrected chi connectivity index (χ0v) is 11.4. The minimum Gasteiger partial charge on any atom is -0.493 e. The molecule has 1 rings (SSSR count). The van der Waals surface area contributed by atoms with Crippen LogP contribution in [0.1, 0.15) is 25.8 Å². The molecule has 0 fully saturated rings. The predicted molar refractivity (Wildman–Crippen MR) is 66.4 cm³/mol. The SMILES string of the molecule is Cc1cc(=O)n(CCC(C)C)c(O)c1S(=O)(=O)O. The highest BCUT2D eigenvalue weighted by Crippen LogP contribution is 2.24. The molecule has 0 bridgehead atoms. The van der Waals surface area contributed by atoms with E-state index in [0.29, 0.717) is 12.3 Å². The van der Waals surface area contributed by atoms with E-state index in [2.05, 4.69) is 0 Å². The van der Waals surface area contributed by atoms with E-state index in [0.717, 1.165) is 10.6 Å². The highest BCUT2D eigenvalue weighted by molar-refractivity contribution is 7.86. The van der Waals surface area contributed by atoms with E-state index in [4.69, 9.17) is 4.55 Å². The van der Waals surface area contributed by atoms with Crippen LogP contribution >= 0.6 is 0 Å². The molecule has 0 saturated heterocycles. The topological polar surface area (TPSA) is 96.6 Å². The highest BCUT2D eigenvalue weighted by Gasteiger charge is 2.22. The molecule has 6 nitrogen and oxygen atoms in total. The third-order valence-corrected chi connectivity index (χ3v) is 3.63. The number of hydrogen-bond acceptors (Lipinski definition) is 4. The van der Waals surface area contributed by atoms with Gasteiger partial charge in [-0.1, -0.05) is 13.8 Å². The van der Waals surface area contributed by atoms with Crippen LogP contribution in [0.2, 0.25) is 0 Å². The number of pyridine rings is 1. The van der Waals surface area contributed by atoms with Gasteiger partial charge in [0.1, 0.15) is 0 Å². The van der Waals surface area contributed by atoms with E-state index in [-0.39, 0.29) is 12.1 Å². The van der Waals surface area contributed by atoms with Crippen molar-refractivity contribution in [3.8, 4) is 5.88 Å². The van der Waals surface area contributed by atoms with Gasteiger partial charge in [0.25, 0.3) is 15.7 Å². The average Bonchev–Trinajstić information content (AvgIpc) is 2.13. The van der Waals surface area contributed by atoms with Gasteiger partial charge in [-0.25, -0.2) is 0 Å². The fourth-order valence-electron chi connectivity index (χ4n) is 1.65. The summed E-state index contributed by atoms with van der Waals surface area (Å²) in [5.74, 6) is -0.407. The second-order valence-electron chi connectivity index (χ2n) is 4.63. The van der Waals surface area contributed by atoms with Crippen molar-refractivity contribution in [1.82, 2.24) is 4.57 Å². The van der Waals surface area contributed by atoms with Crippen molar-refractivity contribution < 1.29 is 18.1 Å². The van der Waals surface area contributed by atoms with Gasteiger partial charge in [-0.2, -0.15) is 8.42 Å². The Balaban J connectivity index is 3.41. The van der Waals surface area contributed by atoms with Crippen LogP contribution in [-0.2, 0) is 16.7 Å². The lowest BCUT2D eigenvalue weighted by Crippen LogP contribution is -2.23. The molecule has 18 heavy (non-hydrogen) atoms. The van der Waals surface area contributed by atoms with Gasteiger partial charge < -0.3 is 5.11 Å². The van der Waals surface area contributed by atoms with Gasteiger partial charge >= 0.3 is 0 Å². The molecule has 0 aliphatic carbocycles. The molecule has 0 unspecified atom stereocenters. The zero-order chi connectivity index (χ0) is 14.1. The Hall–Kier alpha value is -1.34. The van der Waals surface area contributed by atoms with Crippen molar-refractivity contribution in [2.75, 3.05) is 0 Å². The number of aromatic nitrogens is 1. The molecular weight excluding hydrogens is 258 g/mol. The molecule has 1 aromatic rings. The van der Waals surface area contributed by atoms with Crippen LogP contribution in [0.5, 0.6) is 5.88 Å². The summed E-state index contributed by atoms with van der Waals surface area (Å²) in [6, 6.07) is 1.09. The molecule has 0 atom stereocenters. The van der Waals surface area contributed by atoms with E-state index in [9.17, 15) is 18.3 Å². The molecule has 0 spiro atoms. The summed E-state index contributed by atoms with van der Waals surface area (Å²) in [7, 11) is -4.55. The normalized spacial score (nSPS) is 12.1. The van der Waals surface area contributed by atoms with E-state index in [1.807, 2.05) is 13.8 Å². The van der Waals surface area contributed by atoms with Crippen LogP contribution < -0.4 is 5.56 Å². The lowest BCUT2D eigenvalue weighted by atomic mass is 10.1. The quantitative estimate of drug-likeness (QED) is 0.804. The molecule has 0 amide bonds. The monoisotopic (exact) mass is 275 g/mol. The van der Waals surface area contributed by atoms with Crippen molar-refractivity contribution >= 4 is 10.1 Å². The first kappa shape index (κ1) is 14.7. The fraction of sp³-hybridized carbons (Fsp3) is 0.545. The molecule has 0 radical (unpaired) electrons. The van der Waals surface area contributed by atoms with E-state index in [1.54, 1.807) is 0 Å². The Bertz CT molecular complexity index is 601. The maximum Gasteiger partial charge on any atom is 0.300 e. The maximum absolute atomic E-state index is 11.7. The van der Waals surface area contributed by atoms with Gasteiger partial charge in [-0.3, -0.25) is 13.9 Å². The Morgan fingerprint density at radius 3 is 2.39 bits per heavy atom. The van der Waals surface area contributed by atoms with Crippen molar-refractivity contribution in [3.05, 3.63) is 22.0 Å². The summed E-state index contributed by atoms with van der Waals surface area (Å²) in [4.78, 5) is 11.1. The average molecular weight is 275 g/mol. The summed E-state index contributed by atoms with van der Waals surface area (Å²) < 4.78 is 32.3. The van der Waals surface area contributed by atoms with Crippen LogP contribution in [0.15, 0.2) is 15.8 Å². The first-order valence-electron chi connectivity index (χ1n) is 5.55. The third kappa shape index (κ3) is 3.11. The molecule has 1 aromatic heterocycles. The van der Waals surface area contributed by atoms with E-state index >= 15 is 0 Å². The number of aryl methyl sites for hydroxylation is 1. The third-order valence-electron chi connectivity index (χ3n) is 2.61. The van der Waals surface area contributed by atoms with Crippen molar-refractivity contribution in [2.24, 2.45) is 5.92 Å². The fourth-order valence-corrected chi connectivity index (χ4v) is 2.46. The Labute approximate surface area is 106 Å². The van der Waals surface area contributed by atoms with E-state index < -0.39 is 26.5 Å². The Kier molecular flexibility index (Phi) is 4.18. The van der Waals surface area contributed by atoms with E-state index in [1.165, 1.54) is 6.92 Å². The van der Waals surface area contributed by atoms with Crippen molar-refractivity contribution in [1.29, 1.82) is 0 Å². The lowest BCUT2D eigenvalue weighted by molar-refractivity contribution is 0.370. The number of rotatable bonds is 4. The van der Waals surface area contributed by atoms with Crippen LogP contribution in [0.4, 0.5) is 0 Å². The molecule has 102 valence electrons. The predicted octanol–water partition coefficient (Wildman–Crippen LogP) is 1.16. The molecule has 0 aromatic carbocycles. The van der Waals surface area contributed by atoms with Crippen molar-refractivity contribution in [3.63, 3.8) is 0 Å². The van der Waals surface area contributed by atoms with Gasteiger partial charge in [0.15, 0.2) is 4.90 Å². The summed E-state index contributed by atoms with van der Waals surface area (Å²) in [6.07, 6.45) is 0.613. The van der Waals surface area contributed by atoms with Gasteiger partial charge in [0.05, 0.1) is 0 Å². The smallest absolute Gasteiger partial charge is 0.300 e. The summed E-state index contributed by atoms with van der Waals surface area (Å²) in [5.41, 5.74) is -0.459. The standard InChI is InChI=1S/C11H17NO5S/c1-7(2)4-5-12-9(13)6-8(3)10(11(12)14)18(15,16)17/h6-7,14H,4-5H2,1-3H3,(H,15,16,17). The number of hydrogen-bond donors (Lipinski definition) is 2. The van der Waals surface area contributed by atoms with Crippen LogP contribution in [0.3, 0.4) is 0 Å². The lowest BCUT2D eigenvalue weighted by Gasteiger charge is -2.13. The first-order valence-corrected chi connectivity index (χ1v) is 6.99. The minimum absolute atomic E-state index is 0.0285. The number of aromatic hydroxyl groups is 1. The van der Waals surface area contributed by atoms with Gasteiger partial charge in [-0.15, -0.1) is 0 Å². The second-order valence-corrected chi connectivity index (χ2v) is 5.99. The molecule has 0 aliphatic heterocycles. The van der Waals surface area contributed by atoms with Gasteiger partial charge in [0.2, 0.25) is 5.88 Å². The molecule has 0 saturated carbocycles. The Morgan fingerprint density at radius 1 is 1.39 bits per heavy atom. The summed E-state index contributed by atoms with van der Waals surface area (Å²) in [5, 5.41) is 9.82. The summed E-state index contributed by atoms with van der Waals surface area (Å²) in [6.45, 7) is 5.43. The molecule has 2 N–H and O–H groups in total. The van der Waals surface area contributed by atoms with Gasteiger partial charge in [-0.05, 0) is 24.8 Å².